The first kappa shape index (κ1) is 16.5. The van der Waals surface area contributed by atoms with E-state index >= 15 is 0 Å². The lowest BCUT2D eigenvalue weighted by Gasteiger charge is -2.15. The molecule has 3 rings (SSSR count). The van der Waals surface area contributed by atoms with Crippen molar-refractivity contribution in [1.29, 1.82) is 0 Å². The molecule has 124 valence electrons. The van der Waals surface area contributed by atoms with Gasteiger partial charge in [0.2, 0.25) is 19.7 Å². The SMILES string of the molecule is O=S1(=O)C=C(c2ccc(F)cc2)S(=O)(=O)C=C1c1ccc(F)cc1. The summed E-state index contributed by atoms with van der Waals surface area (Å²) >= 11 is 0. The highest BCUT2D eigenvalue weighted by Gasteiger charge is 2.31. The van der Waals surface area contributed by atoms with Gasteiger partial charge in [-0.2, -0.15) is 0 Å². The minimum absolute atomic E-state index is 0.0642. The fourth-order valence-electron chi connectivity index (χ4n) is 2.24. The average molecular weight is 368 g/mol. The summed E-state index contributed by atoms with van der Waals surface area (Å²) in [7, 11) is -8.13. The maximum Gasteiger partial charge on any atom is 0.202 e. The predicted octanol–water partition coefficient (Wildman–Crippen LogP) is 3.11. The van der Waals surface area contributed by atoms with Gasteiger partial charge in [-0.1, -0.05) is 24.3 Å². The minimum atomic E-state index is -4.06. The molecule has 2 aromatic rings. The Hall–Kier alpha value is -2.32. The maximum atomic E-state index is 13.0. The Labute approximate surface area is 137 Å². The van der Waals surface area contributed by atoms with Crippen molar-refractivity contribution in [3.8, 4) is 0 Å². The van der Waals surface area contributed by atoms with Gasteiger partial charge in [-0.15, -0.1) is 0 Å². The zero-order valence-electron chi connectivity index (χ0n) is 12.0. The summed E-state index contributed by atoms with van der Waals surface area (Å²) in [6, 6.07) is 8.90. The Balaban J connectivity index is 2.16. The van der Waals surface area contributed by atoms with Crippen molar-refractivity contribution >= 4 is 29.5 Å². The molecule has 1 aliphatic rings. The molecule has 0 bridgehead atoms. The fraction of sp³-hybridized carbons (Fsp3) is 0. The molecule has 0 atom stereocenters. The Morgan fingerprint density at radius 1 is 0.542 bits per heavy atom. The zero-order valence-corrected chi connectivity index (χ0v) is 13.6. The Kier molecular flexibility index (Phi) is 3.89. The number of sulfone groups is 2. The minimum Gasteiger partial charge on any atom is -0.219 e. The highest BCUT2D eigenvalue weighted by atomic mass is 32.2. The molecule has 0 amide bonds. The molecule has 1 heterocycles. The quantitative estimate of drug-likeness (QED) is 0.817. The van der Waals surface area contributed by atoms with Crippen molar-refractivity contribution < 1.29 is 25.6 Å². The van der Waals surface area contributed by atoms with Crippen LogP contribution in [0, 0.1) is 11.6 Å². The smallest absolute Gasteiger partial charge is 0.202 e. The summed E-state index contributed by atoms with van der Waals surface area (Å²) in [4.78, 5) is -0.873. The number of rotatable bonds is 2. The molecule has 0 unspecified atom stereocenters. The second-order valence-corrected chi connectivity index (χ2v) is 8.60. The van der Waals surface area contributed by atoms with Gasteiger partial charge in [-0.3, -0.25) is 0 Å². The third-order valence-corrected chi connectivity index (χ3v) is 6.72. The second-order valence-electron chi connectivity index (χ2n) is 5.07. The second kappa shape index (κ2) is 5.64. The van der Waals surface area contributed by atoms with Gasteiger partial charge in [0, 0.05) is 0 Å². The Morgan fingerprint density at radius 2 is 0.833 bits per heavy atom. The van der Waals surface area contributed by atoms with Crippen LogP contribution in [-0.2, 0) is 19.7 Å². The summed E-state index contributed by atoms with van der Waals surface area (Å²) in [5.74, 6) is -1.14. The summed E-state index contributed by atoms with van der Waals surface area (Å²) in [6.45, 7) is 0. The monoisotopic (exact) mass is 368 g/mol. The van der Waals surface area contributed by atoms with Crippen LogP contribution in [0.3, 0.4) is 0 Å². The van der Waals surface area contributed by atoms with Crippen molar-refractivity contribution in [3.05, 3.63) is 82.1 Å². The molecule has 0 saturated carbocycles. The number of halogens is 2. The van der Waals surface area contributed by atoms with E-state index in [-0.39, 0.29) is 11.1 Å². The van der Waals surface area contributed by atoms with Gasteiger partial charge in [0.1, 0.15) is 11.6 Å². The van der Waals surface area contributed by atoms with Crippen LogP contribution in [-0.4, -0.2) is 16.8 Å². The van der Waals surface area contributed by atoms with Gasteiger partial charge in [0.15, 0.2) is 0 Å². The van der Waals surface area contributed by atoms with E-state index in [1.54, 1.807) is 0 Å². The van der Waals surface area contributed by atoms with E-state index in [2.05, 4.69) is 0 Å². The number of benzene rings is 2. The molecular formula is C16H10F2O4S2. The van der Waals surface area contributed by atoms with Gasteiger partial charge in [0.25, 0.3) is 0 Å². The van der Waals surface area contributed by atoms with Crippen LogP contribution in [0.1, 0.15) is 11.1 Å². The molecule has 8 heteroatoms. The molecule has 4 nitrogen and oxygen atoms in total. The van der Waals surface area contributed by atoms with Gasteiger partial charge in [0.05, 0.1) is 20.6 Å². The topological polar surface area (TPSA) is 68.3 Å². The van der Waals surface area contributed by atoms with Crippen molar-refractivity contribution in [2.24, 2.45) is 0 Å². The van der Waals surface area contributed by atoms with Crippen LogP contribution in [0.2, 0.25) is 0 Å². The van der Waals surface area contributed by atoms with Gasteiger partial charge < -0.3 is 0 Å². The van der Waals surface area contributed by atoms with Crippen LogP contribution in [0.25, 0.3) is 9.81 Å². The third kappa shape index (κ3) is 3.02. The summed E-state index contributed by atoms with van der Waals surface area (Å²) in [5.41, 5.74) is 0.128. The lowest BCUT2D eigenvalue weighted by atomic mass is 10.2. The Morgan fingerprint density at radius 3 is 1.12 bits per heavy atom. The lowest BCUT2D eigenvalue weighted by molar-refractivity contribution is 0.608. The van der Waals surface area contributed by atoms with Crippen molar-refractivity contribution in [2.45, 2.75) is 0 Å². The van der Waals surface area contributed by atoms with Crippen molar-refractivity contribution in [2.75, 3.05) is 0 Å². The number of hydrogen-bond acceptors (Lipinski definition) is 4. The standard InChI is InChI=1S/C16H10F2O4S2/c17-13-5-1-11(2-6-13)15-9-24(21,22)16(10-23(15,19)20)12-3-7-14(18)8-4-12/h1-10H. The molecule has 24 heavy (non-hydrogen) atoms. The van der Waals surface area contributed by atoms with E-state index in [0.29, 0.717) is 10.8 Å². The molecule has 0 fully saturated rings. The number of hydrogen-bond donors (Lipinski definition) is 0. The normalized spacial score (nSPS) is 18.6. The van der Waals surface area contributed by atoms with Crippen LogP contribution in [0.4, 0.5) is 8.78 Å². The zero-order chi connectivity index (χ0) is 17.5. The third-order valence-electron chi connectivity index (χ3n) is 3.39. The molecule has 2 aromatic carbocycles. The highest BCUT2D eigenvalue weighted by Crippen LogP contribution is 2.36. The summed E-state index contributed by atoms with van der Waals surface area (Å²) in [6.07, 6.45) is 0. The lowest BCUT2D eigenvalue weighted by Crippen LogP contribution is -2.12. The van der Waals surface area contributed by atoms with E-state index in [1.165, 1.54) is 24.3 Å². The molecule has 0 aliphatic carbocycles. The summed E-state index contributed by atoms with van der Waals surface area (Å²) in [5, 5.41) is 1.27. The van der Waals surface area contributed by atoms with E-state index in [9.17, 15) is 25.6 Å². The van der Waals surface area contributed by atoms with E-state index in [1.807, 2.05) is 0 Å². The van der Waals surface area contributed by atoms with Crippen LogP contribution in [0.5, 0.6) is 0 Å². The average Bonchev–Trinajstić information content (AvgIpc) is 2.51. The van der Waals surface area contributed by atoms with E-state index < -0.39 is 41.1 Å². The Bertz CT molecular complexity index is 974. The van der Waals surface area contributed by atoms with Crippen LogP contribution >= 0.6 is 0 Å². The molecule has 1 aliphatic heterocycles. The van der Waals surface area contributed by atoms with Crippen LogP contribution < -0.4 is 0 Å². The largest absolute Gasteiger partial charge is 0.219 e. The maximum absolute atomic E-state index is 13.0. The van der Waals surface area contributed by atoms with Crippen molar-refractivity contribution in [1.82, 2.24) is 0 Å². The molecule has 0 saturated heterocycles. The predicted molar refractivity (Wildman–Crippen MR) is 86.6 cm³/mol. The molecule has 0 radical (unpaired) electrons. The first-order chi connectivity index (χ1) is 11.2. The van der Waals surface area contributed by atoms with Crippen molar-refractivity contribution in [3.63, 3.8) is 0 Å². The van der Waals surface area contributed by atoms with Gasteiger partial charge in [-0.25, -0.2) is 25.6 Å². The molecular weight excluding hydrogens is 358 g/mol. The van der Waals surface area contributed by atoms with E-state index in [4.69, 9.17) is 0 Å². The fourth-order valence-corrected chi connectivity index (χ4v) is 6.09. The van der Waals surface area contributed by atoms with E-state index in [0.717, 1.165) is 24.3 Å². The first-order valence-electron chi connectivity index (χ1n) is 6.64. The van der Waals surface area contributed by atoms with Gasteiger partial charge in [-0.05, 0) is 35.4 Å². The summed E-state index contributed by atoms with van der Waals surface area (Å²) < 4.78 is 75.7. The van der Waals surface area contributed by atoms with Gasteiger partial charge >= 0.3 is 0 Å². The molecule has 0 aromatic heterocycles. The molecule has 0 spiro atoms. The molecule has 0 N–H and O–H groups in total. The first-order valence-corrected chi connectivity index (χ1v) is 9.74. The van der Waals surface area contributed by atoms with Crippen LogP contribution in [0.15, 0.2) is 59.3 Å². The highest BCUT2D eigenvalue weighted by molar-refractivity contribution is 8.11.